The average Bonchev–Trinajstić information content (AvgIpc) is 4.13. The molecule has 6 aliphatic rings. The number of benzene rings is 2. The molecule has 6 aliphatic carbocycles. The first-order valence-corrected chi connectivity index (χ1v) is 22.6. The summed E-state index contributed by atoms with van der Waals surface area (Å²) in [4.78, 5) is 42.1. The van der Waals surface area contributed by atoms with E-state index in [-0.39, 0.29) is 33.8 Å². The summed E-state index contributed by atoms with van der Waals surface area (Å²) in [5.74, 6) is -0.301. The molecule has 0 N–H and O–H groups in total. The van der Waals surface area contributed by atoms with Crippen LogP contribution in [0.25, 0.3) is 52.5 Å². The van der Waals surface area contributed by atoms with Crippen LogP contribution >= 0.6 is 34.0 Å². The van der Waals surface area contributed by atoms with E-state index in [0.29, 0.717) is 44.5 Å². The molecule has 2 aromatic carbocycles. The van der Waals surface area contributed by atoms with Gasteiger partial charge >= 0.3 is 0 Å². The van der Waals surface area contributed by atoms with Crippen LogP contribution in [-0.4, -0.2) is 11.6 Å². The Hall–Kier alpha value is -6.20. The molecule has 0 aliphatic heterocycles. The molecule has 3 heterocycles. The molecule has 9 heteroatoms. The van der Waals surface area contributed by atoms with Gasteiger partial charge in [-0.15, -0.1) is 34.0 Å². The Labute approximate surface area is 354 Å². The lowest BCUT2D eigenvalue weighted by Gasteiger charge is -2.41. The van der Waals surface area contributed by atoms with Crippen molar-refractivity contribution in [3.05, 3.63) is 160 Å². The molecule has 11 rings (SSSR count). The van der Waals surface area contributed by atoms with E-state index in [1.807, 2.05) is 59.9 Å². The number of hydrogen-bond acceptors (Lipinski definition) is 7. The third-order valence-electron chi connectivity index (χ3n) is 13.6. The Morgan fingerprint density at radius 2 is 0.966 bits per heavy atom. The highest BCUT2D eigenvalue weighted by molar-refractivity contribution is 7.27. The number of nitrogens with zero attached hydrogens (tertiary/aromatic N) is 4. The van der Waals surface area contributed by atoms with Gasteiger partial charge in [-0.2, -0.15) is 0 Å². The molecule has 0 atom stereocenters. The summed E-state index contributed by atoms with van der Waals surface area (Å²) in [7, 11) is 0. The van der Waals surface area contributed by atoms with E-state index in [9.17, 15) is 20.1 Å². The van der Waals surface area contributed by atoms with E-state index in [1.54, 1.807) is 34.8 Å². The molecule has 2 fully saturated rings. The van der Waals surface area contributed by atoms with Crippen LogP contribution in [0.4, 0.5) is 0 Å². The van der Waals surface area contributed by atoms with Crippen molar-refractivity contribution < 1.29 is 9.59 Å². The minimum absolute atomic E-state index is 0.0649. The number of nitriles is 2. The predicted molar refractivity (Wildman–Crippen MR) is 234 cm³/mol. The number of carbonyl (C=O) groups excluding carboxylic acids is 2. The van der Waals surface area contributed by atoms with E-state index in [4.69, 9.17) is 13.1 Å². The van der Waals surface area contributed by atoms with Gasteiger partial charge in [-0.05, 0) is 83.3 Å². The molecule has 2 saturated carbocycles. The molecule has 0 bridgehead atoms. The van der Waals surface area contributed by atoms with Crippen LogP contribution in [0.5, 0.6) is 0 Å². The van der Waals surface area contributed by atoms with Crippen LogP contribution in [0.1, 0.15) is 128 Å². The van der Waals surface area contributed by atoms with Gasteiger partial charge in [0.1, 0.15) is 0 Å². The van der Waals surface area contributed by atoms with Gasteiger partial charge in [0.2, 0.25) is 0 Å². The van der Waals surface area contributed by atoms with Crippen LogP contribution in [-0.2, 0) is 10.8 Å². The normalized spacial score (nSPS) is 21.6. The summed E-state index contributed by atoms with van der Waals surface area (Å²) < 4.78 is 0. The number of hydrogen-bond donors (Lipinski definition) is 0. The number of Topliss-reactive ketones (excluding diaryl/α,β-unsaturated/α-hetero) is 2. The second-order valence-corrected chi connectivity index (χ2v) is 19.5. The average molecular weight is 817 g/mol. The number of rotatable bonds is 2. The monoisotopic (exact) mass is 816 g/mol. The molecule has 0 saturated heterocycles. The third-order valence-corrected chi connectivity index (χ3v) is 17.3. The van der Waals surface area contributed by atoms with Crippen LogP contribution < -0.4 is 0 Å². The number of thiophene rings is 3. The van der Waals surface area contributed by atoms with Gasteiger partial charge in [-0.3, -0.25) is 9.59 Å². The summed E-state index contributed by atoms with van der Waals surface area (Å²) in [5, 5.41) is 19.9. The van der Waals surface area contributed by atoms with Gasteiger partial charge in [0, 0.05) is 73.5 Å². The van der Waals surface area contributed by atoms with Crippen molar-refractivity contribution in [3.63, 3.8) is 0 Å². The Kier molecular flexibility index (Phi) is 8.01. The van der Waals surface area contributed by atoms with E-state index in [0.717, 1.165) is 61.1 Å². The van der Waals surface area contributed by atoms with Gasteiger partial charge in [0.05, 0.1) is 25.3 Å². The smallest absolute Gasteiger partial charge is 0.270 e. The van der Waals surface area contributed by atoms with Crippen molar-refractivity contribution in [3.8, 4) is 31.6 Å². The fourth-order valence-electron chi connectivity index (χ4n) is 11.2. The third kappa shape index (κ3) is 4.79. The van der Waals surface area contributed by atoms with Crippen LogP contribution in [0.3, 0.4) is 0 Å². The molecule has 6 nitrogen and oxygen atoms in total. The fourth-order valence-corrected chi connectivity index (χ4v) is 15.4. The summed E-state index contributed by atoms with van der Waals surface area (Å²) in [6.45, 7) is 15.5. The van der Waals surface area contributed by atoms with Crippen LogP contribution in [0, 0.1) is 35.8 Å². The number of carbonyl (C=O) groups is 2. The summed E-state index contributed by atoms with van der Waals surface area (Å²) in [5.41, 5.74) is 9.48. The van der Waals surface area contributed by atoms with Gasteiger partial charge in [-0.1, -0.05) is 87.1 Å². The summed E-state index contributed by atoms with van der Waals surface area (Å²) in [6.07, 6.45) is 15.2. The second-order valence-electron chi connectivity index (χ2n) is 16.3. The lowest BCUT2D eigenvalue weighted by atomic mass is 9.61. The van der Waals surface area contributed by atoms with Crippen molar-refractivity contribution in [2.45, 2.75) is 75.0 Å². The maximum Gasteiger partial charge on any atom is 0.270 e. The van der Waals surface area contributed by atoms with Gasteiger partial charge in [0.15, 0.2) is 11.6 Å². The van der Waals surface area contributed by atoms with Crippen molar-refractivity contribution in [2.24, 2.45) is 0 Å². The van der Waals surface area contributed by atoms with Gasteiger partial charge in [-0.25, -0.2) is 20.2 Å². The zero-order valence-electron chi connectivity index (χ0n) is 31.8. The number of fused-ring (bicyclic) bond motifs is 13. The highest BCUT2D eigenvalue weighted by atomic mass is 32.1. The maximum atomic E-state index is 13.9. The molecular weight excluding hydrogens is 785 g/mol. The minimum atomic E-state index is -0.150. The lowest BCUT2D eigenvalue weighted by Crippen LogP contribution is -2.34. The molecule has 0 radical (unpaired) electrons. The van der Waals surface area contributed by atoms with E-state index in [2.05, 4.69) is 34.0 Å². The lowest BCUT2D eigenvalue weighted by molar-refractivity contribution is 0.103. The molecule has 5 aromatic rings. The number of ketones is 2. The molecule has 2 spiro atoms. The van der Waals surface area contributed by atoms with E-state index >= 15 is 0 Å². The molecule has 0 unspecified atom stereocenters. The molecular formula is C50H32N4O2S3. The highest BCUT2D eigenvalue weighted by Crippen LogP contribution is 2.70. The van der Waals surface area contributed by atoms with E-state index in [1.165, 1.54) is 54.6 Å². The summed E-state index contributed by atoms with van der Waals surface area (Å²) >= 11 is 5.37. The molecule has 59 heavy (non-hydrogen) atoms. The largest absolute Gasteiger partial charge is 0.289 e. The fraction of sp³-hybridized carbons (Fsp3) is 0.240. The van der Waals surface area contributed by atoms with Crippen LogP contribution in [0.15, 0.2) is 83.2 Å². The van der Waals surface area contributed by atoms with Crippen molar-refractivity contribution in [1.29, 1.82) is 10.5 Å². The maximum absolute atomic E-state index is 13.9. The molecule has 0 amide bonds. The highest BCUT2D eigenvalue weighted by Gasteiger charge is 2.56. The minimum Gasteiger partial charge on any atom is -0.289 e. The zero-order valence-corrected chi connectivity index (χ0v) is 34.3. The van der Waals surface area contributed by atoms with Gasteiger partial charge < -0.3 is 0 Å². The quantitative estimate of drug-likeness (QED) is 0.101. The molecule has 3 aromatic heterocycles. The molecule has 282 valence electrons. The van der Waals surface area contributed by atoms with Crippen molar-refractivity contribution in [2.75, 3.05) is 0 Å². The Morgan fingerprint density at radius 3 is 1.34 bits per heavy atom. The standard InChI is InChI=1S/C50H32N4O2S3/c1-53-37(25-51)39-29-13-5-7-15-31(29)43(55)33(39)21-27-23-35-45(57-27)47-41(49(35)17-9-3-10-18-49)42-48(59-47)46-36(50(42)19-11-4-12-20-50)24-28(58-46)22-34-40(38(26-52)54-2)30-14-6-8-16-32(30)44(34)56/h5-8,13-16,21-24H,3-4,9-12,17-20H2/b33-21-,34-22+,39-37+,40-38?. The van der Waals surface area contributed by atoms with Crippen molar-refractivity contribution in [1.82, 2.24) is 0 Å². The van der Waals surface area contributed by atoms with Gasteiger partial charge in [0.25, 0.3) is 11.4 Å². The Bertz CT molecular complexity index is 2860. The second kappa shape index (κ2) is 13.2. The van der Waals surface area contributed by atoms with E-state index < -0.39 is 0 Å². The summed E-state index contributed by atoms with van der Waals surface area (Å²) in [6, 6.07) is 23.3. The SMILES string of the molecule is [C-]#[N+]C(C#N)=C1/C(=C\c2cc3c(s2)-c2sc4c(c2C32CCCCC2)C2(CCCCC2)c2cc(/C=C3\C(=O)c5ccccc5\C3=C(\C#N)[N+]#[C-])sc2-4)C(=O)c2ccccc21. The zero-order chi connectivity index (χ0) is 40.2. The Balaban J connectivity index is 1.09. The van der Waals surface area contributed by atoms with Crippen molar-refractivity contribution >= 4 is 68.9 Å². The predicted octanol–water partition coefficient (Wildman–Crippen LogP) is 13.2. The topological polar surface area (TPSA) is 90.4 Å². The Morgan fingerprint density at radius 1 is 0.576 bits per heavy atom. The first-order valence-electron chi connectivity index (χ1n) is 20.1. The van der Waals surface area contributed by atoms with Crippen LogP contribution in [0.2, 0.25) is 0 Å². The number of allylic oxidation sites excluding steroid dienone is 6. The first kappa shape index (κ1) is 35.9. The first-order chi connectivity index (χ1) is 28.9.